The number of carbonyl (C=O) groups excluding carboxylic acids is 2. The van der Waals surface area contributed by atoms with E-state index in [2.05, 4.69) is 10.1 Å². The third-order valence-electron chi connectivity index (χ3n) is 3.63. The van der Waals surface area contributed by atoms with Crippen molar-refractivity contribution in [2.24, 2.45) is 0 Å². The van der Waals surface area contributed by atoms with Crippen molar-refractivity contribution in [3.8, 4) is 0 Å². The maximum atomic E-state index is 12.2. The van der Waals surface area contributed by atoms with Gasteiger partial charge in [-0.05, 0) is 19.4 Å². The monoisotopic (exact) mass is 255 g/mol. The molecule has 0 bridgehead atoms. The molecule has 2 fully saturated rings. The lowest BCUT2D eigenvalue weighted by Crippen LogP contribution is -2.55. The van der Waals surface area contributed by atoms with E-state index < -0.39 is 0 Å². The van der Waals surface area contributed by atoms with Crippen molar-refractivity contribution in [2.45, 2.75) is 25.3 Å². The van der Waals surface area contributed by atoms with Crippen molar-refractivity contribution in [2.75, 3.05) is 39.8 Å². The Morgan fingerprint density at radius 1 is 1.11 bits per heavy atom. The average Bonchev–Trinajstić information content (AvgIpc) is 2.47. The Balaban J connectivity index is 1.81. The van der Waals surface area contributed by atoms with E-state index in [0.717, 1.165) is 25.8 Å². The largest absolute Gasteiger partial charge is 0.453 e. The first kappa shape index (κ1) is 13.1. The molecule has 0 radical (unpaired) electrons. The van der Waals surface area contributed by atoms with Crippen molar-refractivity contribution < 1.29 is 14.3 Å². The second-order valence-electron chi connectivity index (χ2n) is 4.78. The van der Waals surface area contributed by atoms with Crippen LogP contribution in [0.15, 0.2) is 0 Å². The molecule has 2 aliphatic heterocycles. The van der Waals surface area contributed by atoms with Crippen molar-refractivity contribution in [3.05, 3.63) is 0 Å². The van der Waals surface area contributed by atoms with Crippen LogP contribution in [0.1, 0.15) is 19.3 Å². The molecule has 0 spiro atoms. The normalized spacial score (nSPS) is 24.8. The molecule has 2 heterocycles. The van der Waals surface area contributed by atoms with Gasteiger partial charge in [-0.15, -0.1) is 0 Å². The Morgan fingerprint density at radius 3 is 2.33 bits per heavy atom. The number of nitrogens with zero attached hydrogens (tertiary/aromatic N) is 2. The molecule has 2 aliphatic rings. The number of nitrogens with one attached hydrogen (secondary N) is 1. The zero-order valence-electron chi connectivity index (χ0n) is 10.9. The molecule has 6 nitrogen and oxygen atoms in total. The Morgan fingerprint density at radius 2 is 1.78 bits per heavy atom. The second kappa shape index (κ2) is 6.04. The number of methoxy groups -OCH3 is 1. The molecule has 2 saturated heterocycles. The lowest BCUT2D eigenvalue weighted by Gasteiger charge is -2.36. The van der Waals surface area contributed by atoms with Gasteiger partial charge >= 0.3 is 6.09 Å². The standard InChI is InChI=1S/C12H21N3O3/c1-18-12(17)15-8-6-14(7-9-15)11(16)10-4-2-3-5-13-10/h10,13H,2-9H2,1H3/t10-/m0/s1. The SMILES string of the molecule is COC(=O)N1CCN(C(=O)[C@@H]2CCCCN2)CC1. The summed E-state index contributed by atoms with van der Waals surface area (Å²) in [4.78, 5) is 27.0. The summed E-state index contributed by atoms with van der Waals surface area (Å²) in [5, 5.41) is 3.26. The molecule has 18 heavy (non-hydrogen) atoms. The van der Waals surface area contributed by atoms with Gasteiger partial charge in [0, 0.05) is 26.2 Å². The highest BCUT2D eigenvalue weighted by molar-refractivity contribution is 5.82. The number of hydrogen-bond donors (Lipinski definition) is 1. The van der Waals surface area contributed by atoms with E-state index >= 15 is 0 Å². The average molecular weight is 255 g/mol. The fourth-order valence-corrected chi connectivity index (χ4v) is 2.52. The molecule has 0 aromatic rings. The molecule has 1 atom stereocenters. The van der Waals surface area contributed by atoms with Gasteiger partial charge in [-0.1, -0.05) is 6.42 Å². The van der Waals surface area contributed by atoms with Crippen molar-refractivity contribution >= 4 is 12.0 Å². The highest BCUT2D eigenvalue weighted by Gasteiger charge is 2.29. The van der Waals surface area contributed by atoms with Gasteiger partial charge in [0.2, 0.25) is 5.91 Å². The number of ether oxygens (including phenoxy) is 1. The van der Waals surface area contributed by atoms with Gasteiger partial charge < -0.3 is 19.9 Å². The molecule has 0 saturated carbocycles. The Kier molecular flexibility index (Phi) is 4.41. The van der Waals surface area contributed by atoms with Crippen LogP contribution >= 0.6 is 0 Å². The molecule has 0 aromatic carbocycles. The summed E-state index contributed by atoms with van der Waals surface area (Å²) in [7, 11) is 1.38. The van der Waals surface area contributed by atoms with Gasteiger partial charge in [0.05, 0.1) is 13.2 Å². The fourth-order valence-electron chi connectivity index (χ4n) is 2.52. The van der Waals surface area contributed by atoms with E-state index in [4.69, 9.17) is 0 Å². The highest BCUT2D eigenvalue weighted by atomic mass is 16.5. The smallest absolute Gasteiger partial charge is 0.409 e. The maximum Gasteiger partial charge on any atom is 0.409 e. The molecule has 2 rings (SSSR count). The minimum absolute atomic E-state index is 0.0246. The summed E-state index contributed by atoms with van der Waals surface area (Å²) in [5.41, 5.74) is 0. The summed E-state index contributed by atoms with van der Waals surface area (Å²) >= 11 is 0. The lowest BCUT2D eigenvalue weighted by atomic mass is 10.0. The predicted octanol–water partition coefficient (Wildman–Crippen LogP) is 0.0391. The molecule has 102 valence electrons. The summed E-state index contributed by atoms with van der Waals surface area (Å²) < 4.78 is 4.67. The van der Waals surface area contributed by atoms with E-state index in [9.17, 15) is 9.59 Å². The van der Waals surface area contributed by atoms with Crippen LogP contribution in [0.25, 0.3) is 0 Å². The lowest BCUT2D eigenvalue weighted by molar-refractivity contribution is -0.135. The molecular formula is C12H21N3O3. The molecule has 0 aliphatic carbocycles. The molecular weight excluding hydrogens is 234 g/mol. The Bertz CT molecular complexity index is 308. The third kappa shape index (κ3) is 2.93. The van der Waals surface area contributed by atoms with Crippen LogP contribution in [0.5, 0.6) is 0 Å². The summed E-state index contributed by atoms with van der Waals surface area (Å²) in [6, 6.07) is -0.0246. The van der Waals surface area contributed by atoms with Crippen molar-refractivity contribution in [1.82, 2.24) is 15.1 Å². The summed E-state index contributed by atoms with van der Waals surface area (Å²) in [6.45, 7) is 3.26. The van der Waals surface area contributed by atoms with Crippen LogP contribution in [0.3, 0.4) is 0 Å². The molecule has 0 aromatic heterocycles. The van der Waals surface area contributed by atoms with E-state index in [1.54, 1.807) is 4.90 Å². The molecule has 6 heteroatoms. The van der Waals surface area contributed by atoms with Gasteiger partial charge in [-0.2, -0.15) is 0 Å². The van der Waals surface area contributed by atoms with Gasteiger partial charge in [0.25, 0.3) is 0 Å². The number of carbonyl (C=O) groups is 2. The third-order valence-corrected chi connectivity index (χ3v) is 3.63. The van der Waals surface area contributed by atoms with E-state index in [0.29, 0.717) is 26.2 Å². The van der Waals surface area contributed by atoms with E-state index in [-0.39, 0.29) is 18.0 Å². The van der Waals surface area contributed by atoms with E-state index in [1.807, 2.05) is 4.90 Å². The van der Waals surface area contributed by atoms with Crippen LogP contribution in [0.2, 0.25) is 0 Å². The zero-order valence-corrected chi connectivity index (χ0v) is 10.9. The molecule has 1 N–H and O–H groups in total. The first-order chi connectivity index (χ1) is 8.72. The summed E-state index contributed by atoms with van der Waals surface area (Å²) in [5.74, 6) is 0.180. The van der Waals surface area contributed by atoms with Gasteiger partial charge in [0.15, 0.2) is 0 Å². The van der Waals surface area contributed by atoms with Crippen LogP contribution in [-0.2, 0) is 9.53 Å². The van der Waals surface area contributed by atoms with Crippen LogP contribution in [-0.4, -0.2) is 67.7 Å². The van der Waals surface area contributed by atoms with Crippen LogP contribution < -0.4 is 5.32 Å². The summed E-state index contributed by atoms with van der Waals surface area (Å²) in [6.07, 6.45) is 2.89. The highest BCUT2D eigenvalue weighted by Crippen LogP contribution is 2.12. The maximum absolute atomic E-state index is 12.2. The first-order valence-electron chi connectivity index (χ1n) is 6.57. The van der Waals surface area contributed by atoms with Crippen LogP contribution in [0.4, 0.5) is 4.79 Å². The first-order valence-corrected chi connectivity index (χ1v) is 6.57. The minimum Gasteiger partial charge on any atom is -0.453 e. The second-order valence-corrected chi connectivity index (χ2v) is 4.78. The van der Waals surface area contributed by atoms with Crippen molar-refractivity contribution in [1.29, 1.82) is 0 Å². The van der Waals surface area contributed by atoms with Gasteiger partial charge in [-0.3, -0.25) is 4.79 Å². The van der Waals surface area contributed by atoms with Gasteiger partial charge in [0.1, 0.15) is 0 Å². The number of hydrogen-bond acceptors (Lipinski definition) is 4. The van der Waals surface area contributed by atoms with Crippen molar-refractivity contribution in [3.63, 3.8) is 0 Å². The Labute approximate surface area is 107 Å². The minimum atomic E-state index is -0.308. The zero-order chi connectivity index (χ0) is 13.0. The molecule has 0 unspecified atom stereocenters. The predicted molar refractivity (Wildman–Crippen MR) is 66.2 cm³/mol. The Hall–Kier alpha value is -1.30. The van der Waals surface area contributed by atoms with E-state index in [1.165, 1.54) is 7.11 Å². The molecule has 2 amide bonds. The topological polar surface area (TPSA) is 61.9 Å². The number of piperidine rings is 1. The quantitative estimate of drug-likeness (QED) is 0.718. The van der Waals surface area contributed by atoms with Gasteiger partial charge in [-0.25, -0.2) is 4.79 Å². The van der Waals surface area contributed by atoms with Crippen LogP contribution in [0, 0.1) is 0 Å². The number of rotatable bonds is 1. The number of amides is 2. The number of piperazine rings is 1. The fraction of sp³-hybridized carbons (Fsp3) is 0.833.